The highest BCUT2D eigenvalue weighted by atomic mass is 32.2. The Morgan fingerprint density at radius 2 is 1.41 bits per heavy atom. The first kappa shape index (κ1) is 30.6. The maximum absolute atomic E-state index is 14.5. The van der Waals surface area contributed by atoms with Crippen LogP contribution in [-0.4, -0.2) is 80.7 Å². The molecule has 9 nitrogen and oxygen atoms in total. The summed E-state index contributed by atoms with van der Waals surface area (Å²) in [6, 6.07) is 0. The molecule has 0 saturated carbocycles. The Balaban J connectivity index is 1.90. The van der Waals surface area contributed by atoms with Crippen LogP contribution in [-0.2, 0) is 42.7 Å². The van der Waals surface area contributed by atoms with Gasteiger partial charge in [0.2, 0.25) is 0 Å². The van der Waals surface area contributed by atoms with Crippen LogP contribution in [0.1, 0.15) is 41.5 Å². The number of alkyl halides is 8. The number of rotatable bonds is 9. The summed E-state index contributed by atoms with van der Waals surface area (Å²) in [6.45, 7) is 6.24. The molecule has 3 fully saturated rings. The van der Waals surface area contributed by atoms with Crippen LogP contribution in [0, 0.1) is 5.92 Å². The number of fused-ring (bicyclic) bond motifs is 1. The van der Waals surface area contributed by atoms with Gasteiger partial charge in [0.25, 0.3) is 0 Å². The van der Waals surface area contributed by atoms with Gasteiger partial charge in [-0.15, -0.1) is 0 Å². The van der Waals surface area contributed by atoms with Crippen molar-refractivity contribution < 1.29 is 76.1 Å². The third-order valence-electron chi connectivity index (χ3n) is 5.68. The number of hydrogen-bond donors (Lipinski definition) is 0. The number of halogens is 8. The Morgan fingerprint density at radius 3 is 1.89 bits per heavy atom. The molecule has 0 aromatic rings. The molecule has 218 valence electrons. The van der Waals surface area contributed by atoms with Gasteiger partial charge in [-0.2, -0.15) is 43.5 Å². The highest BCUT2D eigenvalue weighted by molar-refractivity contribution is 7.87. The van der Waals surface area contributed by atoms with Crippen molar-refractivity contribution in [3.8, 4) is 0 Å². The van der Waals surface area contributed by atoms with E-state index in [1.165, 1.54) is 27.7 Å². The molecule has 0 aliphatic carbocycles. The lowest BCUT2D eigenvalue weighted by Gasteiger charge is -2.34. The van der Waals surface area contributed by atoms with Gasteiger partial charge in [0, 0.05) is 5.92 Å². The van der Waals surface area contributed by atoms with E-state index in [-0.39, 0.29) is 6.61 Å². The SMILES string of the molecule is CC(C)C(F)(F)C(F)(F)OC(F)(F)C(F)(F)S(=O)(=O)OC1C2OC(C)(C)O[C@H]2O[C@@H]1C1COC(C)(C)O1. The molecule has 5 atom stereocenters. The van der Waals surface area contributed by atoms with Crippen LogP contribution in [0.4, 0.5) is 35.1 Å². The topological polar surface area (TPSA) is 98.8 Å². The van der Waals surface area contributed by atoms with Gasteiger partial charge in [-0.05, 0) is 27.7 Å². The molecule has 0 amide bonds. The van der Waals surface area contributed by atoms with Gasteiger partial charge in [-0.1, -0.05) is 13.8 Å². The van der Waals surface area contributed by atoms with Crippen LogP contribution < -0.4 is 0 Å². The van der Waals surface area contributed by atoms with E-state index >= 15 is 0 Å². The predicted octanol–water partition coefficient (Wildman–Crippen LogP) is 3.82. The molecule has 3 unspecified atom stereocenters. The lowest BCUT2D eigenvalue weighted by atomic mass is 10.1. The zero-order valence-electron chi connectivity index (χ0n) is 20.3. The predicted molar refractivity (Wildman–Crippen MR) is 103 cm³/mol. The molecule has 0 N–H and O–H groups in total. The van der Waals surface area contributed by atoms with E-state index in [1.807, 2.05) is 0 Å². The van der Waals surface area contributed by atoms with Crippen molar-refractivity contribution in [3.05, 3.63) is 0 Å². The summed E-state index contributed by atoms with van der Waals surface area (Å²) < 4.78 is 171. The third kappa shape index (κ3) is 5.44. The molecular weight excluding hydrogens is 556 g/mol. The molecule has 0 aromatic heterocycles. The van der Waals surface area contributed by atoms with Crippen LogP contribution in [0.2, 0.25) is 0 Å². The largest absolute Gasteiger partial charge is 0.460 e. The van der Waals surface area contributed by atoms with Crippen LogP contribution in [0.3, 0.4) is 0 Å². The Hall–Kier alpha value is -0.890. The minimum absolute atomic E-state index is 0.285. The highest BCUT2D eigenvalue weighted by Crippen LogP contribution is 2.50. The smallest absolute Gasteiger partial charge is 0.348 e. The molecule has 0 spiro atoms. The average Bonchev–Trinajstić information content (AvgIpc) is 3.30. The van der Waals surface area contributed by atoms with E-state index < -0.39 is 81.7 Å². The summed E-state index contributed by atoms with van der Waals surface area (Å²) in [5, 5.41) is -6.58. The molecule has 3 rings (SSSR count). The molecule has 37 heavy (non-hydrogen) atoms. The van der Waals surface area contributed by atoms with Crippen LogP contribution >= 0.6 is 0 Å². The molecule has 0 aromatic carbocycles. The summed E-state index contributed by atoms with van der Waals surface area (Å²) in [5.41, 5.74) is 0. The first-order valence-electron chi connectivity index (χ1n) is 10.8. The molecule has 0 bridgehead atoms. The molecule has 18 heteroatoms. The van der Waals surface area contributed by atoms with E-state index in [1.54, 1.807) is 0 Å². The Morgan fingerprint density at radius 1 is 0.838 bits per heavy atom. The lowest BCUT2D eigenvalue weighted by Crippen LogP contribution is -2.58. The molecule has 3 aliphatic heterocycles. The fourth-order valence-corrected chi connectivity index (χ4v) is 4.73. The average molecular weight is 582 g/mol. The molecule has 3 saturated heterocycles. The standard InChI is InChI=1S/C19H26F8O9S/c1-8(2)16(20,21)17(22,23)36-18(24,25)19(26,27)37(28,29)35-11-10(9-7-30-14(3,4)32-9)31-13-12(11)33-15(5,6)34-13/h8-13H,7H2,1-6H3/t9?,10-,11?,12?,13-/m1/s1. The summed E-state index contributed by atoms with van der Waals surface area (Å²) in [5.74, 6) is -10.4. The second-order valence-electron chi connectivity index (χ2n) is 9.88. The van der Waals surface area contributed by atoms with Crippen LogP contribution in [0.15, 0.2) is 0 Å². The van der Waals surface area contributed by atoms with Crippen LogP contribution in [0.5, 0.6) is 0 Å². The zero-order valence-corrected chi connectivity index (χ0v) is 21.1. The van der Waals surface area contributed by atoms with Gasteiger partial charge in [-0.25, -0.2) is 4.74 Å². The van der Waals surface area contributed by atoms with Crippen molar-refractivity contribution in [1.29, 1.82) is 0 Å². The van der Waals surface area contributed by atoms with Gasteiger partial charge in [0.1, 0.15) is 24.4 Å². The summed E-state index contributed by atoms with van der Waals surface area (Å²) in [7, 11) is -6.90. The van der Waals surface area contributed by atoms with Gasteiger partial charge < -0.3 is 23.7 Å². The van der Waals surface area contributed by atoms with Crippen molar-refractivity contribution >= 4 is 10.1 Å². The second-order valence-corrected chi connectivity index (χ2v) is 11.5. The van der Waals surface area contributed by atoms with Crippen molar-refractivity contribution in [2.45, 2.75) is 107 Å². The Kier molecular flexibility index (Phi) is 7.51. The summed E-state index contributed by atoms with van der Waals surface area (Å²) in [4.78, 5) is 0. The van der Waals surface area contributed by atoms with E-state index in [0.29, 0.717) is 13.8 Å². The molecular formula is C19H26F8O9S. The fraction of sp³-hybridized carbons (Fsp3) is 1.00. The van der Waals surface area contributed by atoms with E-state index in [2.05, 4.69) is 8.92 Å². The number of hydrogen-bond acceptors (Lipinski definition) is 9. The molecule has 0 radical (unpaired) electrons. The van der Waals surface area contributed by atoms with Gasteiger partial charge >= 0.3 is 33.5 Å². The quantitative estimate of drug-likeness (QED) is 0.297. The minimum Gasteiger partial charge on any atom is -0.348 e. The third-order valence-corrected chi connectivity index (χ3v) is 7.03. The zero-order chi connectivity index (χ0) is 28.6. The van der Waals surface area contributed by atoms with Crippen molar-refractivity contribution in [1.82, 2.24) is 0 Å². The summed E-state index contributed by atoms with van der Waals surface area (Å²) >= 11 is 0. The monoisotopic (exact) mass is 582 g/mol. The first-order chi connectivity index (χ1) is 16.4. The van der Waals surface area contributed by atoms with Crippen LogP contribution in [0.25, 0.3) is 0 Å². The first-order valence-corrected chi connectivity index (χ1v) is 12.2. The Labute approximate surface area is 206 Å². The van der Waals surface area contributed by atoms with E-state index in [4.69, 9.17) is 23.7 Å². The van der Waals surface area contributed by atoms with E-state index in [0.717, 1.165) is 0 Å². The Bertz CT molecular complexity index is 973. The normalized spacial score (nSPS) is 32.8. The van der Waals surface area contributed by atoms with Crippen molar-refractivity contribution in [2.24, 2.45) is 5.92 Å². The van der Waals surface area contributed by atoms with Crippen molar-refractivity contribution in [3.63, 3.8) is 0 Å². The van der Waals surface area contributed by atoms with Gasteiger partial charge in [0.15, 0.2) is 17.9 Å². The fourth-order valence-electron chi connectivity index (χ4n) is 3.77. The molecule has 3 aliphatic rings. The lowest BCUT2D eigenvalue weighted by molar-refractivity contribution is -0.461. The second kappa shape index (κ2) is 9.07. The maximum Gasteiger partial charge on any atom is 0.460 e. The van der Waals surface area contributed by atoms with Crippen molar-refractivity contribution in [2.75, 3.05) is 6.61 Å². The highest BCUT2D eigenvalue weighted by Gasteiger charge is 2.76. The van der Waals surface area contributed by atoms with Gasteiger partial charge in [0.05, 0.1) is 6.61 Å². The molecule has 3 heterocycles. The minimum atomic E-state index is -6.90. The maximum atomic E-state index is 14.5. The summed E-state index contributed by atoms with van der Waals surface area (Å²) in [6.07, 6.45) is -20.9. The van der Waals surface area contributed by atoms with E-state index in [9.17, 15) is 43.5 Å². The van der Waals surface area contributed by atoms with Gasteiger partial charge in [-0.3, -0.25) is 4.18 Å². The number of ether oxygens (including phenoxy) is 6.